The van der Waals surface area contributed by atoms with Gasteiger partial charge in [-0.25, -0.2) is 14.5 Å². The van der Waals surface area contributed by atoms with Crippen molar-refractivity contribution in [1.29, 1.82) is 5.26 Å². The number of nitrogens with one attached hydrogen (secondary N) is 1. The summed E-state index contributed by atoms with van der Waals surface area (Å²) in [6.07, 6.45) is 10.0. The largest absolute Gasteiger partial charge is 0.489 e. The van der Waals surface area contributed by atoms with Crippen LogP contribution < -0.4 is 19.7 Å². The summed E-state index contributed by atoms with van der Waals surface area (Å²) >= 11 is 0. The van der Waals surface area contributed by atoms with Gasteiger partial charge < -0.3 is 24.4 Å². The summed E-state index contributed by atoms with van der Waals surface area (Å²) in [5.74, 6) is 2.12. The lowest BCUT2D eigenvalue weighted by Gasteiger charge is -2.56. The summed E-state index contributed by atoms with van der Waals surface area (Å²) in [5, 5.41) is 17.4. The minimum atomic E-state index is -0.0196. The van der Waals surface area contributed by atoms with Gasteiger partial charge in [0.2, 0.25) is 5.88 Å². The molecule has 0 amide bonds. The first-order valence-corrected chi connectivity index (χ1v) is 13.9. The van der Waals surface area contributed by atoms with Gasteiger partial charge in [-0.3, -0.25) is 9.88 Å². The number of piperazine rings is 1. The topological polar surface area (TPSA) is 126 Å². The second-order valence-electron chi connectivity index (χ2n) is 10.6. The van der Waals surface area contributed by atoms with Crippen LogP contribution in [0.4, 0.5) is 5.82 Å². The summed E-state index contributed by atoms with van der Waals surface area (Å²) in [6.45, 7) is 5.37. The van der Waals surface area contributed by atoms with E-state index in [2.05, 4.69) is 37.3 Å². The number of anilines is 1. The molecule has 4 fully saturated rings. The van der Waals surface area contributed by atoms with E-state index in [1.165, 1.54) is 12.0 Å². The van der Waals surface area contributed by atoms with Crippen molar-refractivity contribution in [1.82, 2.24) is 34.8 Å². The highest BCUT2D eigenvalue weighted by Gasteiger charge is 2.44. The molecule has 0 aliphatic carbocycles. The normalized spacial score (nSPS) is 22.2. The van der Waals surface area contributed by atoms with Crippen LogP contribution in [0.25, 0.3) is 16.8 Å². The summed E-state index contributed by atoms with van der Waals surface area (Å²) in [6, 6.07) is 9.08. The molecule has 0 spiro atoms. The number of ether oxygens (including phenoxy) is 3. The Labute approximate surface area is 237 Å². The second kappa shape index (κ2) is 10.9. The Morgan fingerprint density at radius 1 is 1.12 bits per heavy atom. The molecule has 8 rings (SSSR count). The Morgan fingerprint density at radius 3 is 2.73 bits per heavy atom. The van der Waals surface area contributed by atoms with Crippen LogP contribution in [-0.2, 0) is 11.3 Å². The number of rotatable bonds is 8. The standard InChI is InChI=1S/C29H31N9O3/c1-39-28-3-2-19(9-34-28)14-37-21-6-22(37)16-36(15-21)27-13-32-26(12-33-27)25-7-23(41-18-24-11-31-4-5-40-24)17-38-29(25)20(8-30)10-35-38/h2-3,7,9-10,12-13,17,21-22,24,31H,4-6,11,14-16,18H2,1H3/t21?,22?,24-/m1/s1. The molecule has 0 radical (unpaired) electrons. The third kappa shape index (κ3) is 5.04. The third-order valence-electron chi connectivity index (χ3n) is 8.10. The Balaban J connectivity index is 1.07. The van der Waals surface area contributed by atoms with E-state index >= 15 is 0 Å². The van der Waals surface area contributed by atoms with Crippen molar-refractivity contribution >= 4 is 11.3 Å². The predicted molar refractivity (Wildman–Crippen MR) is 150 cm³/mol. The third-order valence-corrected chi connectivity index (χ3v) is 8.10. The van der Waals surface area contributed by atoms with E-state index in [4.69, 9.17) is 24.2 Å². The molecule has 4 aliphatic heterocycles. The molecule has 41 heavy (non-hydrogen) atoms. The van der Waals surface area contributed by atoms with Gasteiger partial charge in [-0.1, -0.05) is 6.07 Å². The van der Waals surface area contributed by atoms with Crippen LogP contribution in [0.3, 0.4) is 0 Å². The van der Waals surface area contributed by atoms with E-state index < -0.39 is 0 Å². The van der Waals surface area contributed by atoms with Crippen molar-refractivity contribution in [2.75, 3.05) is 51.4 Å². The molecule has 210 valence electrons. The average molecular weight is 554 g/mol. The molecule has 0 aromatic carbocycles. The molecule has 4 saturated heterocycles. The summed E-state index contributed by atoms with van der Waals surface area (Å²) < 4.78 is 18.7. The Hall–Kier alpha value is -4.31. The first-order chi connectivity index (χ1) is 20.2. The second-order valence-corrected chi connectivity index (χ2v) is 10.6. The van der Waals surface area contributed by atoms with Crippen LogP contribution in [0.1, 0.15) is 17.5 Å². The van der Waals surface area contributed by atoms with Gasteiger partial charge in [-0.05, 0) is 18.1 Å². The number of methoxy groups -OCH3 is 1. The highest BCUT2D eigenvalue weighted by Crippen LogP contribution is 2.36. The van der Waals surface area contributed by atoms with Gasteiger partial charge in [0, 0.05) is 62.6 Å². The molecular formula is C29H31N9O3. The first-order valence-electron chi connectivity index (χ1n) is 13.9. The van der Waals surface area contributed by atoms with E-state index in [0.717, 1.165) is 44.1 Å². The number of aromatic nitrogens is 5. The first kappa shape index (κ1) is 25.6. The smallest absolute Gasteiger partial charge is 0.212 e. The summed E-state index contributed by atoms with van der Waals surface area (Å²) in [7, 11) is 1.63. The van der Waals surface area contributed by atoms with E-state index in [1.807, 2.05) is 24.5 Å². The minimum absolute atomic E-state index is 0.0196. The monoisotopic (exact) mass is 553 g/mol. The Bertz CT molecular complexity index is 1550. The van der Waals surface area contributed by atoms with Gasteiger partial charge in [-0.2, -0.15) is 10.4 Å². The van der Waals surface area contributed by atoms with Crippen molar-refractivity contribution in [3.05, 3.63) is 60.3 Å². The molecule has 3 atom stereocenters. The number of fused-ring (bicyclic) bond motifs is 3. The Morgan fingerprint density at radius 2 is 2.02 bits per heavy atom. The van der Waals surface area contributed by atoms with E-state index in [0.29, 0.717) is 53.7 Å². The lowest BCUT2D eigenvalue weighted by Crippen LogP contribution is -2.68. The molecule has 2 bridgehead atoms. The maximum absolute atomic E-state index is 9.71. The highest BCUT2D eigenvalue weighted by molar-refractivity contribution is 5.83. The molecule has 12 heteroatoms. The van der Waals surface area contributed by atoms with Gasteiger partial charge in [0.05, 0.1) is 55.3 Å². The zero-order valence-corrected chi connectivity index (χ0v) is 22.8. The number of pyridine rings is 2. The van der Waals surface area contributed by atoms with Crippen LogP contribution in [0.15, 0.2) is 49.2 Å². The zero-order chi connectivity index (χ0) is 27.8. The van der Waals surface area contributed by atoms with Crippen LogP contribution in [0.5, 0.6) is 11.6 Å². The number of piperidine rings is 1. The van der Waals surface area contributed by atoms with Gasteiger partial charge in [0.1, 0.15) is 30.3 Å². The maximum Gasteiger partial charge on any atom is 0.212 e. The van der Waals surface area contributed by atoms with Crippen LogP contribution >= 0.6 is 0 Å². The minimum Gasteiger partial charge on any atom is -0.489 e. The van der Waals surface area contributed by atoms with Crippen LogP contribution in [-0.4, -0.2) is 94.2 Å². The number of nitrogens with zero attached hydrogens (tertiary/aromatic N) is 8. The van der Waals surface area contributed by atoms with Gasteiger partial charge >= 0.3 is 0 Å². The van der Waals surface area contributed by atoms with E-state index in [1.54, 1.807) is 30.2 Å². The summed E-state index contributed by atoms with van der Waals surface area (Å²) in [4.78, 5) is 18.8. The van der Waals surface area contributed by atoms with Crippen molar-refractivity contribution in [3.8, 4) is 29.0 Å². The molecule has 1 N–H and O–H groups in total. The van der Waals surface area contributed by atoms with Crippen LogP contribution in [0, 0.1) is 11.3 Å². The lowest BCUT2D eigenvalue weighted by atomic mass is 9.87. The number of hydrogen-bond donors (Lipinski definition) is 1. The zero-order valence-electron chi connectivity index (χ0n) is 22.8. The summed E-state index contributed by atoms with van der Waals surface area (Å²) in [5.41, 5.74) is 3.75. The van der Waals surface area contributed by atoms with Crippen molar-refractivity contribution in [2.45, 2.75) is 31.2 Å². The van der Waals surface area contributed by atoms with E-state index in [-0.39, 0.29) is 6.10 Å². The van der Waals surface area contributed by atoms with Gasteiger partial charge in [0.15, 0.2) is 0 Å². The van der Waals surface area contributed by atoms with Gasteiger partial charge in [0.25, 0.3) is 0 Å². The SMILES string of the molecule is COc1ccc(CN2C3CC2CN(c2cnc(-c4cc(OC[C@H]5CNCCO5)cn5ncc(C#N)c45)cn2)C3)cn1. The molecule has 2 unspecified atom stereocenters. The van der Waals surface area contributed by atoms with E-state index in [9.17, 15) is 5.26 Å². The number of nitriles is 1. The quantitative estimate of drug-likeness (QED) is 0.344. The fourth-order valence-corrected chi connectivity index (χ4v) is 5.96. The number of morpholine rings is 1. The molecule has 8 heterocycles. The fraction of sp³-hybridized carbons (Fsp3) is 0.414. The lowest BCUT2D eigenvalue weighted by molar-refractivity contribution is -0.00879. The average Bonchev–Trinajstić information content (AvgIpc) is 3.46. The van der Waals surface area contributed by atoms with Gasteiger partial charge in [-0.15, -0.1) is 0 Å². The van der Waals surface area contributed by atoms with Crippen molar-refractivity contribution < 1.29 is 14.2 Å². The highest BCUT2D eigenvalue weighted by atomic mass is 16.5. The molecular weight excluding hydrogens is 522 g/mol. The molecule has 4 aliphatic rings. The number of hydrogen-bond acceptors (Lipinski definition) is 11. The maximum atomic E-state index is 9.71. The molecule has 4 aromatic rings. The fourth-order valence-electron chi connectivity index (χ4n) is 5.96. The van der Waals surface area contributed by atoms with Crippen LogP contribution in [0.2, 0.25) is 0 Å². The molecule has 4 aromatic heterocycles. The molecule has 0 saturated carbocycles. The predicted octanol–water partition coefficient (Wildman–Crippen LogP) is 1.90. The molecule has 12 nitrogen and oxygen atoms in total. The van der Waals surface area contributed by atoms with Crippen molar-refractivity contribution in [2.24, 2.45) is 0 Å². The van der Waals surface area contributed by atoms with Crippen molar-refractivity contribution in [3.63, 3.8) is 0 Å². The Kier molecular flexibility index (Phi) is 6.84.